The van der Waals surface area contributed by atoms with Crippen molar-refractivity contribution in [2.45, 2.75) is 58.5 Å². The van der Waals surface area contributed by atoms with E-state index in [4.69, 9.17) is 4.74 Å². The molecule has 2 aliphatic rings. The summed E-state index contributed by atoms with van der Waals surface area (Å²) < 4.78 is 5.42. The van der Waals surface area contributed by atoms with Gasteiger partial charge in [0.2, 0.25) is 5.91 Å². The van der Waals surface area contributed by atoms with E-state index in [2.05, 4.69) is 19.2 Å². The minimum absolute atomic E-state index is 0.136. The summed E-state index contributed by atoms with van der Waals surface area (Å²) in [6, 6.07) is 7.04. The molecule has 1 heterocycles. The van der Waals surface area contributed by atoms with Crippen molar-refractivity contribution in [3.63, 3.8) is 0 Å². The Morgan fingerprint density at radius 1 is 1.16 bits per heavy atom. The maximum Gasteiger partial charge on any atom is 0.251 e. The molecule has 1 aliphatic carbocycles. The van der Waals surface area contributed by atoms with Crippen LogP contribution in [-0.2, 0) is 9.59 Å². The van der Waals surface area contributed by atoms with E-state index >= 15 is 0 Å². The molecule has 5 heteroatoms. The van der Waals surface area contributed by atoms with Crippen LogP contribution in [0.5, 0.6) is 5.75 Å². The molecule has 25 heavy (non-hydrogen) atoms. The fourth-order valence-electron chi connectivity index (χ4n) is 3.97. The zero-order chi connectivity index (χ0) is 18.0. The number of imide groups is 1. The quantitative estimate of drug-likeness (QED) is 0.834. The SMILES string of the molecule is CCOc1ccc(N2C(=O)CC(NC3CCCC(C)C3C)C2=O)cc1. The zero-order valence-electron chi connectivity index (χ0n) is 15.3. The lowest BCUT2D eigenvalue weighted by Crippen LogP contribution is -2.48. The Morgan fingerprint density at radius 2 is 1.88 bits per heavy atom. The Balaban J connectivity index is 1.69. The number of benzene rings is 1. The Bertz CT molecular complexity index is 628. The average molecular weight is 344 g/mol. The third kappa shape index (κ3) is 3.71. The smallest absolute Gasteiger partial charge is 0.251 e. The first-order valence-corrected chi connectivity index (χ1v) is 9.37. The number of hydrogen-bond donors (Lipinski definition) is 1. The van der Waals surface area contributed by atoms with E-state index in [9.17, 15) is 9.59 Å². The van der Waals surface area contributed by atoms with Gasteiger partial charge in [-0.05, 0) is 49.4 Å². The van der Waals surface area contributed by atoms with Gasteiger partial charge in [0.25, 0.3) is 5.91 Å². The Hall–Kier alpha value is -1.88. The summed E-state index contributed by atoms with van der Waals surface area (Å²) in [6.45, 7) is 7.02. The topological polar surface area (TPSA) is 58.6 Å². The van der Waals surface area contributed by atoms with Gasteiger partial charge in [0.1, 0.15) is 5.75 Å². The van der Waals surface area contributed by atoms with Crippen LogP contribution in [0.1, 0.15) is 46.5 Å². The van der Waals surface area contributed by atoms with Gasteiger partial charge in [0.15, 0.2) is 0 Å². The first kappa shape index (κ1) is 17.9. The van der Waals surface area contributed by atoms with Gasteiger partial charge >= 0.3 is 0 Å². The lowest BCUT2D eigenvalue weighted by atomic mass is 9.78. The molecule has 0 spiro atoms. The Labute approximate surface area is 149 Å². The zero-order valence-corrected chi connectivity index (χ0v) is 15.3. The molecule has 1 aromatic rings. The van der Waals surface area contributed by atoms with Gasteiger partial charge < -0.3 is 10.1 Å². The molecule has 1 aromatic carbocycles. The van der Waals surface area contributed by atoms with E-state index in [0.29, 0.717) is 30.2 Å². The minimum atomic E-state index is -0.406. The molecule has 1 saturated carbocycles. The van der Waals surface area contributed by atoms with Crippen LogP contribution in [0.4, 0.5) is 5.69 Å². The van der Waals surface area contributed by atoms with Gasteiger partial charge in [0.05, 0.1) is 24.8 Å². The summed E-state index contributed by atoms with van der Waals surface area (Å²) >= 11 is 0. The maximum absolute atomic E-state index is 12.8. The predicted octanol–water partition coefficient (Wildman–Crippen LogP) is 3.13. The highest BCUT2D eigenvalue weighted by Crippen LogP contribution is 2.31. The highest BCUT2D eigenvalue weighted by molar-refractivity contribution is 6.22. The third-order valence-corrected chi connectivity index (χ3v) is 5.67. The highest BCUT2D eigenvalue weighted by atomic mass is 16.5. The first-order chi connectivity index (χ1) is 12.0. The first-order valence-electron chi connectivity index (χ1n) is 9.37. The fraction of sp³-hybridized carbons (Fsp3) is 0.600. The van der Waals surface area contributed by atoms with Crippen LogP contribution in [0, 0.1) is 11.8 Å². The minimum Gasteiger partial charge on any atom is -0.494 e. The molecule has 1 N–H and O–H groups in total. The van der Waals surface area contributed by atoms with E-state index in [1.165, 1.54) is 17.7 Å². The second kappa shape index (κ2) is 7.56. The summed E-state index contributed by atoms with van der Waals surface area (Å²) in [7, 11) is 0. The van der Waals surface area contributed by atoms with Crippen LogP contribution in [-0.4, -0.2) is 30.5 Å². The van der Waals surface area contributed by atoms with Crippen molar-refractivity contribution < 1.29 is 14.3 Å². The molecule has 0 radical (unpaired) electrons. The maximum atomic E-state index is 12.8. The molecule has 1 aliphatic heterocycles. The summed E-state index contributed by atoms with van der Waals surface area (Å²) in [6.07, 6.45) is 3.74. The lowest BCUT2D eigenvalue weighted by Gasteiger charge is -2.36. The molecule has 2 amide bonds. The molecule has 136 valence electrons. The van der Waals surface area contributed by atoms with Crippen LogP contribution >= 0.6 is 0 Å². The van der Waals surface area contributed by atoms with Gasteiger partial charge in [-0.3, -0.25) is 9.59 Å². The van der Waals surface area contributed by atoms with E-state index in [0.717, 1.165) is 12.2 Å². The van der Waals surface area contributed by atoms with Gasteiger partial charge in [-0.2, -0.15) is 0 Å². The van der Waals surface area contributed by atoms with Crippen molar-refractivity contribution >= 4 is 17.5 Å². The van der Waals surface area contributed by atoms with Gasteiger partial charge in [-0.25, -0.2) is 4.90 Å². The molecule has 3 rings (SSSR count). The Morgan fingerprint density at radius 3 is 2.56 bits per heavy atom. The molecule has 5 nitrogen and oxygen atoms in total. The summed E-state index contributed by atoms with van der Waals surface area (Å²) in [5, 5.41) is 3.47. The lowest BCUT2D eigenvalue weighted by molar-refractivity contribution is -0.121. The standard InChI is InChI=1S/C20H28N2O3/c1-4-25-16-10-8-15(9-11-16)22-19(23)12-18(20(22)24)21-17-7-5-6-13(2)14(17)3/h8-11,13-14,17-18,21H,4-7,12H2,1-3H3. The molecule has 0 bridgehead atoms. The summed E-state index contributed by atoms with van der Waals surface area (Å²) in [5.41, 5.74) is 0.618. The van der Waals surface area contributed by atoms with E-state index in [-0.39, 0.29) is 18.2 Å². The van der Waals surface area contributed by atoms with Crippen LogP contribution in [0.15, 0.2) is 24.3 Å². The molecular formula is C20H28N2O3. The highest BCUT2D eigenvalue weighted by Gasteiger charge is 2.41. The number of carbonyl (C=O) groups is 2. The molecular weight excluding hydrogens is 316 g/mol. The van der Waals surface area contributed by atoms with Crippen molar-refractivity contribution in [2.24, 2.45) is 11.8 Å². The van der Waals surface area contributed by atoms with E-state index in [1.807, 2.05) is 6.92 Å². The second-order valence-electron chi connectivity index (χ2n) is 7.29. The normalized spacial score (nSPS) is 30.0. The second-order valence-corrected chi connectivity index (χ2v) is 7.29. The molecule has 2 fully saturated rings. The molecule has 0 aromatic heterocycles. The van der Waals surface area contributed by atoms with Crippen molar-refractivity contribution in [2.75, 3.05) is 11.5 Å². The van der Waals surface area contributed by atoms with Crippen molar-refractivity contribution in [3.8, 4) is 5.75 Å². The average Bonchev–Trinajstić information content (AvgIpc) is 2.87. The van der Waals surface area contributed by atoms with Gasteiger partial charge in [-0.15, -0.1) is 0 Å². The largest absolute Gasteiger partial charge is 0.494 e. The third-order valence-electron chi connectivity index (χ3n) is 5.67. The molecule has 4 atom stereocenters. The van der Waals surface area contributed by atoms with Crippen molar-refractivity contribution in [1.29, 1.82) is 0 Å². The summed E-state index contributed by atoms with van der Waals surface area (Å²) in [5.74, 6) is 1.64. The van der Waals surface area contributed by atoms with Crippen LogP contribution in [0.25, 0.3) is 0 Å². The number of ether oxygens (including phenoxy) is 1. The number of rotatable bonds is 5. The van der Waals surface area contributed by atoms with Gasteiger partial charge in [-0.1, -0.05) is 26.7 Å². The number of anilines is 1. The molecule has 4 unspecified atom stereocenters. The van der Waals surface area contributed by atoms with Crippen LogP contribution in [0.3, 0.4) is 0 Å². The Kier molecular flexibility index (Phi) is 5.42. The van der Waals surface area contributed by atoms with E-state index < -0.39 is 6.04 Å². The van der Waals surface area contributed by atoms with Crippen LogP contribution in [0.2, 0.25) is 0 Å². The van der Waals surface area contributed by atoms with Crippen molar-refractivity contribution in [3.05, 3.63) is 24.3 Å². The molecule has 1 saturated heterocycles. The number of nitrogens with zero attached hydrogens (tertiary/aromatic N) is 1. The fourth-order valence-corrected chi connectivity index (χ4v) is 3.97. The van der Waals surface area contributed by atoms with Crippen molar-refractivity contribution in [1.82, 2.24) is 5.32 Å². The van der Waals surface area contributed by atoms with Crippen LogP contribution < -0.4 is 15.0 Å². The number of amides is 2. The summed E-state index contributed by atoms with van der Waals surface area (Å²) in [4.78, 5) is 26.5. The number of carbonyl (C=O) groups excluding carboxylic acids is 2. The number of hydrogen-bond acceptors (Lipinski definition) is 4. The van der Waals surface area contributed by atoms with E-state index in [1.54, 1.807) is 24.3 Å². The monoisotopic (exact) mass is 344 g/mol. The predicted molar refractivity (Wildman–Crippen MR) is 97.6 cm³/mol. The van der Waals surface area contributed by atoms with Gasteiger partial charge in [0, 0.05) is 6.04 Å². The number of nitrogens with one attached hydrogen (secondary N) is 1.